The molecular weight excluding hydrogens is 64.0 g/mol. The molecule has 0 aromatic carbocycles. The smallest absolute Gasteiger partial charge is 0.257 e. The van der Waals surface area contributed by atoms with Gasteiger partial charge in [0, 0.05) is 6.42 Å². The fraction of sp³-hybridized carbons (Fsp3) is 0.500. The van der Waals surface area contributed by atoms with Gasteiger partial charge in [0.1, 0.15) is 0 Å². The van der Waals surface area contributed by atoms with E-state index in [-0.39, 0.29) is 0 Å². The Morgan fingerprint density at radius 3 is 2.60 bits per heavy atom. The van der Waals surface area contributed by atoms with Crippen LogP contribution in [0.25, 0.3) is 0 Å². The van der Waals surface area contributed by atoms with Crippen molar-refractivity contribution < 1.29 is 4.42 Å². The van der Waals surface area contributed by atoms with E-state index in [1.807, 2.05) is 6.92 Å². The van der Waals surface area contributed by atoms with Gasteiger partial charge in [0.05, 0.1) is 0 Å². The van der Waals surface area contributed by atoms with Gasteiger partial charge in [-0.25, -0.2) is 0 Å². The molecule has 0 unspecified atom stereocenters. The molecule has 0 saturated heterocycles. The van der Waals surface area contributed by atoms with E-state index in [2.05, 4.69) is 11.2 Å². The number of carbonyl (C=O) groups excluding carboxylic acids is 1. The molecule has 0 heterocycles. The van der Waals surface area contributed by atoms with Crippen LogP contribution in [0, 0.1) is 6.61 Å². The van der Waals surface area contributed by atoms with E-state index in [0.717, 1.165) is 6.42 Å². The molecule has 0 aromatic rings. The first-order valence-electron chi connectivity index (χ1n) is 1.64. The minimum atomic E-state index is 0.934. The van der Waals surface area contributed by atoms with E-state index in [9.17, 15) is 0 Å². The normalized spacial score (nSPS) is 7.40. The topological polar surface area (TPSA) is 11.3 Å². The molecule has 0 aliphatic heterocycles. The highest BCUT2D eigenvalue weighted by atomic mass is 16.4. The lowest BCUT2D eigenvalue weighted by molar-refractivity contribution is -0.400. The van der Waals surface area contributed by atoms with Gasteiger partial charge in [0.15, 0.2) is 0 Å². The molecule has 1 nitrogen and oxygen atoms in total. The zero-order valence-corrected chi connectivity index (χ0v) is 3.40. The van der Waals surface area contributed by atoms with Crippen LogP contribution in [0.3, 0.4) is 0 Å². The van der Waals surface area contributed by atoms with Gasteiger partial charge in [-0.1, -0.05) is 6.92 Å². The zero-order valence-electron chi connectivity index (χ0n) is 3.40. The molecule has 0 spiro atoms. The highest BCUT2D eigenvalue weighted by Crippen LogP contribution is 1.74. The molecule has 0 N–H and O–H groups in total. The third kappa shape index (κ3) is 3.67. The molecule has 29 valence electrons. The second-order valence-corrected chi connectivity index (χ2v) is 0.742. The zero-order chi connectivity index (χ0) is 4.12. The molecule has 0 aliphatic rings. The molecule has 0 aliphatic carbocycles. The van der Waals surface area contributed by atoms with Crippen LogP contribution in [0.15, 0.2) is 0 Å². The maximum Gasteiger partial charge on any atom is 0.357 e. The lowest BCUT2D eigenvalue weighted by Gasteiger charge is -1.59. The van der Waals surface area contributed by atoms with E-state index in [4.69, 9.17) is 0 Å². The molecule has 0 saturated carbocycles. The average Bonchev–Trinajstić information content (AvgIpc) is 1.41. The van der Waals surface area contributed by atoms with Crippen molar-refractivity contribution in [3.05, 3.63) is 6.61 Å². The van der Waals surface area contributed by atoms with Crippen molar-refractivity contribution in [2.24, 2.45) is 0 Å². The summed E-state index contributed by atoms with van der Waals surface area (Å²) in [5, 5.41) is 0. The monoisotopic (exact) mass is 72.1 g/mol. The second kappa shape index (κ2) is 3.67. The second-order valence-electron chi connectivity index (χ2n) is 0.742. The Kier molecular flexibility index (Phi) is 3.43. The summed E-state index contributed by atoms with van der Waals surface area (Å²) in [6, 6.07) is 0. The van der Waals surface area contributed by atoms with Crippen LogP contribution in [-0.4, -0.2) is 6.79 Å². The van der Waals surface area contributed by atoms with E-state index < -0.39 is 0 Å². The number of rotatable bonds is 2. The molecule has 0 fully saturated rings. The van der Waals surface area contributed by atoms with Gasteiger partial charge in [-0.3, -0.25) is 4.42 Å². The van der Waals surface area contributed by atoms with Gasteiger partial charge in [0.2, 0.25) is 0 Å². The fourth-order valence-electron chi connectivity index (χ4n) is 0.118. The van der Waals surface area contributed by atoms with Crippen LogP contribution in [0.1, 0.15) is 13.3 Å². The largest absolute Gasteiger partial charge is 0.357 e. The molecule has 0 amide bonds. The summed E-state index contributed by atoms with van der Waals surface area (Å²) in [6.07, 6.45) is 0.934. The van der Waals surface area contributed by atoms with Crippen molar-refractivity contribution in [2.45, 2.75) is 13.3 Å². The molecule has 0 rings (SSSR count). The maximum atomic E-state index is 4.32. The van der Waals surface area contributed by atoms with Gasteiger partial charge in [-0.05, 0) is 0 Å². The SMILES string of the molecule is C=[O+][CH]CC. The summed E-state index contributed by atoms with van der Waals surface area (Å²) in [5.41, 5.74) is 0. The highest BCUT2D eigenvalue weighted by Gasteiger charge is 1.78. The van der Waals surface area contributed by atoms with E-state index in [0.29, 0.717) is 0 Å². The Hall–Kier alpha value is -0.330. The highest BCUT2D eigenvalue weighted by molar-refractivity contribution is 5.12. The van der Waals surface area contributed by atoms with Crippen LogP contribution >= 0.6 is 0 Å². The third-order valence-electron chi connectivity index (χ3n) is 0.285. The molecule has 0 aromatic heterocycles. The van der Waals surface area contributed by atoms with E-state index in [1.165, 1.54) is 0 Å². The minimum absolute atomic E-state index is 0.934. The summed E-state index contributed by atoms with van der Waals surface area (Å²) in [6.45, 7) is 6.75. The van der Waals surface area contributed by atoms with Crippen molar-refractivity contribution >= 4 is 6.79 Å². The van der Waals surface area contributed by atoms with Crippen molar-refractivity contribution in [1.82, 2.24) is 0 Å². The van der Waals surface area contributed by atoms with Crippen molar-refractivity contribution in [1.29, 1.82) is 0 Å². The molecule has 5 heavy (non-hydrogen) atoms. The Labute approximate surface area is 32.3 Å². The Balaban J connectivity index is 2.40. The summed E-state index contributed by atoms with van der Waals surface area (Å²) in [7, 11) is 0. The quantitative estimate of drug-likeness (QED) is 0.430. The van der Waals surface area contributed by atoms with Crippen molar-refractivity contribution in [2.75, 3.05) is 0 Å². The van der Waals surface area contributed by atoms with Crippen LogP contribution < -0.4 is 0 Å². The summed E-state index contributed by atoms with van der Waals surface area (Å²) >= 11 is 0. The van der Waals surface area contributed by atoms with Crippen LogP contribution in [0.2, 0.25) is 0 Å². The van der Waals surface area contributed by atoms with Gasteiger partial charge in [-0.15, -0.1) is 0 Å². The molecule has 1 heteroatoms. The van der Waals surface area contributed by atoms with Crippen LogP contribution in [0.4, 0.5) is 0 Å². The summed E-state index contributed by atoms with van der Waals surface area (Å²) in [5.74, 6) is 0. The summed E-state index contributed by atoms with van der Waals surface area (Å²) in [4.78, 5) is 0. The van der Waals surface area contributed by atoms with Crippen LogP contribution in [0.5, 0.6) is 0 Å². The Morgan fingerprint density at radius 1 is 2.00 bits per heavy atom. The molecule has 0 atom stereocenters. The number of hydrogen-bond acceptors (Lipinski definition) is 0. The van der Waals surface area contributed by atoms with Crippen molar-refractivity contribution in [3.63, 3.8) is 0 Å². The number of hydrogen-bond donors (Lipinski definition) is 0. The third-order valence-corrected chi connectivity index (χ3v) is 0.285. The molecule has 0 bridgehead atoms. The van der Waals surface area contributed by atoms with Gasteiger partial charge in [-0.2, -0.15) is 0 Å². The first-order valence-corrected chi connectivity index (χ1v) is 1.64. The van der Waals surface area contributed by atoms with Gasteiger partial charge >= 0.3 is 6.61 Å². The molecule has 1 radical (unpaired) electrons. The maximum absolute atomic E-state index is 4.32. The first kappa shape index (κ1) is 4.67. The Bertz CT molecular complexity index is 24.8. The van der Waals surface area contributed by atoms with Crippen molar-refractivity contribution in [3.8, 4) is 0 Å². The van der Waals surface area contributed by atoms with E-state index in [1.54, 1.807) is 6.61 Å². The van der Waals surface area contributed by atoms with Gasteiger partial charge in [0.25, 0.3) is 6.79 Å². The average molecular weight is 72.1 g/mol. The fourth-order valence-corrected chi connectivity index (χ4v) is 0.118. The van der Waals surface area contributed by atoms with Gasteiger partial charge < -0.3 is 0 Å². The van der Waals surface area contributed by atoms with E-state index >= 15 is 0 Å². The lowest BCUT2D eigenvalue weighted by Crippen LogP contribution is -1.64. The molecular formula is C4H8O+. The summed E-state index contributed by atoms with van der Waals surface area (Å²) < 4.78 is 4.32. The minimum Gasteiger partial charge on any atom is -0.257 e. The predicted octanol–water partition coefficient (Wildman–Crippen LogP) is 0.923. The predicted molar refractivity (Wildman–Crippen MR) is 21.7 cm³/mol. The lowest BCUT2D eigenvalue weighted by atomic mass is 10.5. The van der Waals surface area contributed by atoms with Crippen LogP contribution in [-0.2, 0) is 4.42 Å². The Morgan fingerprint density at radius 2 is 2.60 bits per heavy atom. The standard InChI is InChI=1S/C4H8O/c1-3-4-5-2/h4H,2-3H2,1H3/q+1. The first-order chi connectivity index (χ1) is 2.41.